The van der Waals surface area contributed by atoms with Gasteiger partial charge in [0.05, 0.1) is 26.4 Å². The summed E-state index contributed by atoms with van der Waals surface area (Å²) in [6, 6.07) is 20.4. The Morgan fingerprint density at radius 3 is 1.94 bits per heavy atom. The van der Waals surface area contributed by atoms with Gasteiger partial charge in [0.15, 0.2) is 0 Å². The lowest BCUT2D eigenvalue weighted by Gasteiger charge is -2.25. The van der Waals surface area contributed by atoms with E-state index < -0.39 is 11.8 Å². The lowest BCUT2D eigenvalue weighted by atomic mass is 10.1. The molecule has 0 radical (unpaired) electrons. The fraction of sp³-hybridized carbons (Fsp3) is 0.214. The number of rotatable bonds is 9. The van der Waals surface area contributed by atoms with Crippen LogP contribution in [0.15, 0.2) is 72.9 Å². The Balaban J connectivity index is 1.71. The van der Waals surface area contributed by atoms with Crippen molar-refractivity contribution in [1.82, 2.24) is 4.98 Å². The molecule has 4 rings (SSSR count). The molecule has 0 atom stereocenters. The molecule has 3 aromatic carbocycles. The Labute approximate surface area is 203 Å². The zero-order chi connectivity index (χ0) is 24.8. The first-order valence-corrected chi connectivity index (χ1v) is 11.3. The average molecular weight is 475 g/mol. The summed E-state index contributed by atoms with van der Waals surface area (Å²) in [5.41, 5.74) is 2.06. The topological polar surface area (TPSA) is 60.9 Å². The van der Waals surface area contributed by atoms with Crippen LogP contribution in [-0.4, -0.2) is 31.8 Å². The number of ether oxygens (including phenoxy) is 3. The van der Waals surface area contributed by atoms with E-state index in [0.717, 1.165) is 22.6 Å². The maximum Gasteiger partial charge on any atom is 0.341 e. The molecule has 0 spiro atoms. The number of carbonyl (C=O) groups excluding carboxylic acids is 1. The van der Waals surface area contributed by atoms with Crippen LogP contribution in [0.25, 0.3) is 10.8 Å². The van der Waals surface area contributed by atoms with Crippen molar-refractivity contribution in [2.75, 3.05) is 25.7 Å². The van der Waals surface area contributed by atoms with E-state index in [1.165, 1.54) is 12.1 Å². The molecule has 0 aliphatic heterocycles. The molecular formula is C28H27FN2O4. The third kappa shape index (κ3) is 5.69. The Morgan fingerprint density at radius 2 is 1.43 bits per heavy atom. The second-order valence-corrected chi connectivity index (χ2v) is 7.99. The summed E-state index contributed by atoms with van der Waals surface area (Å²) in [5.74, 6) is 0.962. The number of hydrogen-bond donors (Lipinski definition) is 0. The standard InChI is InChI=1S/C28H27FN2O4/c1-4-35-28(32)25-13-21-15-27(30-16-22(21)14-26(25)29)31(17-19-5-9-23(33-2)10-6-19)18-20-7-11-24(34-3)12-8-20/h5-16H,4,17-18H2,1-3H3. The van der Waals surface area contributed by atoms with Crippen LogP contribution < -0.4 is 14.4 Å². The highest BCUT2D eigenvalue weighted by Crippen LogP contribution is 2.26. The summed E-state index contributed by atoms with van der Waals surface area (Å²) in [7, 11) is 3.27. The first-order chi connectivity index (χ1) is 17.0. The van der Waals surface area contributed by atoms with Crippen LogP contribution in [0.2, 0.25) is 0 Å². The minimum atomic E-state index is -0.682. The summed E-state index contributed by atoms with van der Waals surface area (Å²) in [6.45, 7) is 3.03. The van der Waals surface area contributed by atoms with E-state index in [9.17, 15) is 9.18 Å². The van der Waals surface area contributed by atoms with Crippen LogP contribution in [0.4, 0.5) is 10.2 Å². The Kier molecular flexibility index (Phi) is 7.45. The van der Waals surface area contributed by atoms with E-state index in [4.69, 9.17) is 14.2 Å². The molecule has 0 bridgehead atoms. The number of methoxy groups -OCH3 is 2. The predicted octanol–water partition coefficient (Wildman–Crippen LogP) is 5.77. The van der Waals surface area contributed by atoms with E-state index in [-0.39, 0.29) is 12.2 Å². The monoisotopic (exact) mass is 474 g/mol. The first kappa shape index (κ1) is 24.0. The van der Waals surface area contributed by atoms with Crippen molar-refractivity contribution in [2.24, 2.45) is 0 Å². The number of benzene rings is 3. The maximum absolute atomic E-state index is 14.5. The molecule has 0 saturated heterocycles. The summed E-state index contributed by atoms with van der Waals surface area (Å²) in [4.78, 5) is 18.9. The SMILES string of the molecule is CCOC(=O)c1cc2cc(N(Cc3ccc(OC)cc3)Cc3ccc(OC)cc3)ncc2cc1F. The molecule has 0 saturated carbocycles. The number of anilines is 1. The second kappa shape index (κ2) is 10.9. The largest absolute Gasteiger partial charge is 0.497 e. The molecule has 0 unspecified atom stereocenters. The number of carbonyl (C=O) groups is 1. The van der Waals surface area contributed by atoms with Crippen molar-refractivity contribution in [3.8, 4) is 11.5 Å². The fourth-order valence-electron chi connectivity index (χ4n) is 3.81. The van der Waals surface area contributed by atoms with Crippen LogP contribution >= 0.6 is 0 Å². The van der Waals surface area contributed by atoms with Crippen LogP contribution in [-0.2, 0) is 17.8 Å². The normalized spacial score (nSPS) is 10.7. The Morgan fingerprint density at radius 1 is 0.857 bits per heavy atom. The lowest BCUT2D eigenvalue weighted by Crippen LogP contribution is -2.23. The minimum Gasteiger partial charge on any atom is -0.497 e. The molecule has 4 aromatic rings. The highest BCUT2D eigenvalue weighted by molar-refractivity contribution is 5.96. The van der Waals surface area contributed by atoms with Gasteiger partial charge in [0.25, 0.3) is 0 Å². The number of esters is 1. The van der Waals surface area contributed by atoms with Crippen molar-refractivity contribution in [3.63, 3.8) is 0 Å². The Hall–Kier alpha value is -4.13. The van der Waals surface area contributed by atoms with Crippen LogP contribution in [0.5, 0.6) is 11.5 Å². The van der Waals surface area contributed by atoms with Crippen molar-refractivity contribution < 1.29 is 23.4 Å². The van der Waals surface area contributed by atoms with Gasteiger partial charge in [0.1, 0.15) is 23.1 Å². The zero-order valence-corrected chi connectivity index (χ0v) is 20.0. The minimum absolute atomic E-state index is 0.0895. The summed E-state index contributed by atoms with van der Waals surface area (Å²) < 4.78 is 30.0. The van der Waals surface area contributed by atoms with Crippen molar-refractivity contribution >= 4 is 22.6 Å². The molecule has 35 heavy (non-hydrogen) atoms. The lowest BCUT2D eigenvalue weighted by molar-refractivity contribution is 0.0521. The van der Waals surface area contributed by atoms with Crippen LogP contribution in [0.1, 0.15) is 28.4 Å². The quantitative estimate of drug-likeness (QED) is 0.287. The highest BCUT2D eigenvalue weighted by Gasteiger charge is 2.16. The van der Waals surface area contributed by atoms with E-state index in [1.807, 2.05) is 54.6 Å². The van der Waals surface area contributed by atoms with Gasteiger partial charge in [-0.1, -0.05) is 24.3 Å². The number of fused-ring (bicyclic) bond motifs is 1. The third-order valence-corrected chi connectivity index (χ3v) is 5.68. The smallest absolute Gasteiger partial charge is 0.341 e. The van der Waals surface area contributed by atoms with Crippen LogP contribution in [0, 0.1) is 5.82 Å². The van der Waals surface area contributed by atoms with Crippen molar-refractivity contribution in [2.45, 2.75) is 20.0 Å². The molecule has 7 heteroatoms. The van der Waals surface area contributed by atoms with E-state index in [2.05, 4.69) is 9.88 Å². The summed E-state index contributed by atoms with van der Waals surface area (Å²) in [6.07, 6.45) is 1.62. The van der Waals surface area contributed by atoms with Gasteiger partial charge in [0.2, 0.25) is 0 Å². The summed E-state index contributed by atoms with van der Waals surface area (Å²) in [5, 5.41) is 1.31. The van der Waals surface area contributed by atoms with Gasteiger partial charge in [-0.05, 0) is 65.9 Å². The average Bonchev–Trinajstić information content (AvgIpc) is 2.88. The van der Waals surface area contributed by atoms with Crippen molar-refractivity contribution in [3.05, 3.63) is 95.4 Å². The van der Waals surface area contributed by atoms with Gasteiger partial charge in [-0.15, -0.1) is 0 Å². The molecular weight excluding hydrogens is 447 g/mol. The number of pyridine rings is 1. The number of halogens is 1. The molecule has 1 aromatic heterocycles. The second-order valence-electron chi connectivity index (χ2n) is 7.99. The van der Waals surface area contributed by atoms with Gasteiger partial charge in [-0.2, -0.15) is 0 Å². The molecule has 0 aliphatic rings. The molecule has 0 N–H and O–H groups in total. The van der Waals surface area contributed by atoms with Gasteiger partial charge in [-0.25, -0.2) is 14.2 Å². The molecule has 180 valence electrons. The zero-order valence-electron chi connectivity index (χ0n) is 20.0. The molecule has 0 fully saturated rings. The first-order valence-electron chi connectivity index (χ1n) is 11.3. The maximum atomic E-state index is 14.5. The van der Waals surface area contributed by atoms with E-state index >= 15 is 0 Å². The number of hydrogen-bond acceptors (Lipinski definition) is 6. The van der Waals surface area contributed by atoms with Crippen LogP contribution in [0.3, 0.4) is 0 Å². The van der Waals surface area contributed by atoms with Gasteiger partial charge in [-0.3, -0.25) is 0 Å². The van der Waals surface area contributed by atoms with Gasteiger partial charge >= 0.3 is 5.97 Å². The predicted molar refractivity (Wildman–Crippen MR) is 134 cm³/mol. The molecule has 0 amide bonds. The van der Waals surface area contributed by atoms with E-state index in [1.54, 1.807) is 27.3 Å². The van der Waals surface area contributed by atoms with Crippen molar-refractivity contribution in [1.29, 1.82) is 0 Å². The van der Waals surface area contributed by atoms with Gasteiger partial charge < -0.3 is 19.1 Å². The molecule has 0 aliphatic carbocycles. The highest BCUT2D eigenvalue weighted by atomic mass is 19.1. The molecule has 6 nitrogen and oxygen atoms in total. The van der Waals surface area contributed by atoms with E-state index in [0.29, 0.717) is 29.7 Å². The third-order valence-electron chi connectivity index (χ3n) is 5.68. The molecule has 1 heterocycles. The van der Waals surface area contributed by atoms with Gasteiger partial charge in [0, 0.05) is 24.7 Å². The Bertz CT molecular complexity index is 1260. The number of nitrogens with zero attached hydrogens (tertiary/aromatic N) is 2. The fourth-order valence-corrected chi connectivity index (χ4v) is 3.81. The summed E-state index contributed by atoms with van der Waals surface area (Å²) >= 11 is 0. The number of aromatic nitrogens is 1.